The van der Waals surface area contributed by atoms with Crippen molar-refractivity contribution >= 4 is 17.5 Å². The van der Waals surface area contributed by atoms with Crippen molar-refractivity contribution in [1.29, 1.82) is 0 Å². The highest BCUT2D eigenvalue weighted by Gasteiger charge is 2.18. The molecule has 16 heavy (non-hydrogen) atoms. The van der Waals surface area contributed by atoms with Crippen molar-refractivity contribution in [2.45, 2.75) is 6.61 Å². The molecule has 8 heteroatoms. The fraction of sp³-hybridized carbons (Fsp3) is 0.250. The second-order valence-corrected chi connectivity index (χ2v) is 2.84. The van der Waals surface area contributed by atoms with Crippen LogP contribution in [0.4, 0.5) is 14.7 Å². The smallest absolute Gasteiger partial charge is 0.387 e. The number of nitrogen functional groups attached to an aromatic ring is 1. The van der Waals surface area contributed by atoms with Gasteiger partial charge in [-0.15, -0.1) is 0 Å². The third-order valence-electron chi connectivity index (χ3n) is 1.36. The molecule has 0 amide bonds. The number of anilines is 1. The summed E-state index contributed by atoms with van der Waals surface area (Å²) in [6, 6.07) is 0. The quantitative estimate of drug-likeness (QED) is 0.639. The molecule has 0 atom stereocenters. The lowest BCUT2D eigenvalue weighted by Crippen LogP contribution is -2.09. The molecule has 1 heterocycles. The summed E-state index contributed by atoms with van der Waals surface area (Å²) in [7, 11) is 0. The Bertz CT molecular complexity index is 390. The summed E-state index contributed by atoms with van der Waals surface area (Å²) in [4.78, 5) is 7.04. The molecular formula is C8H8ClF2N3O2. The van der Waals surface area contributed by atoms with E-state index in [9.17, 15) is 8.78 Å². The standard InChI is InChI=1S/C8H8ClF2N3O2/c1-2-3-15-6-4(16-7(10)11)5(9)13-8(12)14-6/h2,7H,1,3H2,(H2,12,13,14). The third-order valence-corrected chi connectivity index (χ3v) is 1.61. The van der Waals surface area contributed by atoms with E-state index in [-0.39, 0.29) is 23.6 Å². The third kappa shape index (κ3) is 3.20. The van der Waals surface area contributed by atoms with Crippen LogP contribution in [0.3, 0.4) is 0 Å². The molecule has 2 N–H and O–H groups in total. The highest BCUT2D eigenvalue weighted by molar-refractivity contribution is 6.31. The van der Waals surface area contributed by atoms with Gasteiger partial charge in [-0.05, 0) is 0 Å². The first-order valence-corrected chi connectivity index (χ1v) is 4.44. The Hall–Kier alpha value is -1.63. The average molecular weight is 252 g/mol. The zero-order valence-corrected chi connectivity index (χ0v) is 8.75. The molecule has 1 aromatic heterocycles. The number of hydrogen-bond acceptors (Lipinski definition) is 5. The van der Waals surface area contributed by atoms with E-state index in [4.69, 9.17) is 22.1 Å². The van der Waals surface area contributed by atoms with Crippen molar-refractivity contribution in [1.82, 2.24) is 9.97 Å². The summed E-state index contributed by atoms with van der Waals surface area (Å²) < 4.78 is 33.2. The molecule has 0 saturated heterocycles. The lowest BCUT2D eigenvalue weighted by Gasteiger charge is -2.11. The number of halogens is 3. The highest BCUT2D eigenvalue weighted by Crippen LogP contribution is 2.33. The van der Waals surface area contributed by atoms with Gasteiger partial charge in [0.25, 0.3) is 5.88 Å². The van der Waals surface area contributed by atoms with Gasteiger partial charge in [-0.1, -0.05) is 24.3 Å². The summed E-state index contributed by atoms with van der Waals surface area (Å²) in [6.45, 7) is 0.378. The Morgan fingerprint density at radius 1 is 1.50 bits per heavy atom. The highest BCUT2D eigenvalue weighted by atomic mass is 35.5. The first-order chi connectivity index (χ1) is 7.54. The maximum atomic E-state index is 12.1. The van der Waals surface area contributed by atoms with Crippen LogP contribution >= 0.6 is 11.6 Å². The average Bonchev–Trinajstić information content (AvgIpc) is 2.19. The maximum absolute atomic E-state index is 12.1. The number of ether oxygens (including phenoxy) is 2. The van der Waals surface area contributed by atoms with Crippen molar-refractivity contribution in [2.75, 3.05) is 12.3 Å². The van der Waals surface area contributed by atoms with E-state index in [1.165, 1.54) is 6.08 Å². The lowest BCUT2D eigenvalue weighted by atomic mass is 10.5. The van der Waals surface area contributed by atoms with Gasteiger partial charge in [-0.2, -0.15) is 18.7 Å². The molecule has 0 aliphatic rings. The molecule has 1 aromatic rings. The molecule has 0 fully saturated rings. The van der Waals surface area contributed by atoms with Gasteiger partial charge in [0.15, 0.2) is 5.15 Å². The number of hydrogen-bond donors (Lipinski definition) is 1. The van der Waals surface area contributed by atoms with Crippen LogP contribution in [0.15, 0.2) is 12.7 Å². The van der Waals surface area contributed by atoms with Gasteiger partial charge in [0.05, 0.1) is 0 Å². The number of rotatable bonds is 5. The van der Waals surface area contributed by atoms with Gasteiger partial charge in [0, 0.05) is 0 Å². The van der Waals surface area contributed by atoms with Gasteiger partial charge < -0.3 is 15.2 Å². The topological polar surface area (TPSA) is 70.3 Å². The van der Waals surface area contributed by atoms with Gasteiger partial charge in [0.2, 0.25) is 11.7 Å². The van der Waals surface area contributed by atoms with Crippen molar-refractivity contribution in [3.8, 4) is 11.6 Å². The molecule has 0 saturated carbocycles. The molecule has 0 aromatic carbocycles. The monoisotopic (exact) mass is 251 g/mol. The molecule has 0 aliphatic heterocycles. The van der Waals surface area contributed by atoms with Crippen LogP contribution in [-0.2, 0) is 0 Å². The van der Waals surface area contributed by atoms with E-state index in [1.54, 1.807) is 0 Å². The second kappa shape index (κ2) is 5.45. The Morgan fingerprint density at radius 2 is 2.19 bits per heavy atom. The molecule has 1 rings (SSSR count). The van der Waals surface area contributed by atoms with E-state index < -0.39 is 12.4 Å². The first kappa shape index (κ1) is 12.4. The summed E-state index contributed by atoms with van der Waals surface area (Å²) in [5.74, 6) is -0.906. The normalized spacial score (nSPS) is 10.2. The molecule has 0 bridgehead atoms. The van der Waals surface area contributed by atoms with E-state index in [2.05, 4.69) is 21.3 Å². The first-order valence-electron chi connectivity index (χ1n) is 4.06. The van der Waals surface area contributed by atoms with Crippen LogP contribution in [0.1, 0.15) is 0 Å². The molecule has 0 spiro atoms. The lowest BCUT2D eigenvalue weighted by molar-refractivity contribution is -0.0519. The Kier molecular flexibility index (Phi) is 4.24. The van der Waals surface area contributed by atoms with Gasteiger partial charge in [0.1, 0.15) is 6.61 Å². The summed E-state index contributed by atoms with van der Waals surface area (Å²) >= 11 is 5.56. The van der Waals surface area contributed by atoms with Crippen LogP contribution in [0.25, 0.3) is 0 Å². The summed E-state index contributed by atoms with van der Waals surface area (Å²) in [5.41, 5.74) is 5.28. The van der Waals surface area contributed by atoms with Crippen LogP contribution < -0.4 is 15.2 Å². The second-order valence-electron chi connectivity index (χ2n) is 2.49. The summed E-state index contributed by atoms with van der Waals surface area (Å²) in [5, 5.41) is -0.341. The van der Waals surface area contributed by atoms with Crippen LogP contribution in [0.5, 0.6) is 11.6 Å². The molecule has 0 radical (unpaired) electrons. The predicted molar refractivity (Wildman–Crippen MR) is 53.8 cm³/mol. The molecule has 5 nitrogen and oxygen atoms in total. The van der Waals surface area contributed by atoms with Crippen LogP contribution in [-0.4, -0.2) is 23.2 Å². The Labute approximate surface area is 94.8 Å². The van der Waals surface area contributed by atoms with Crippen LogP contribution in [0, 0.1) is 0 Å². The molecule has 0 unspecified atom stereocenters. The SMILES string of the molecule is C=CCOc1nc(N)nc(Cl)c1OC(F)F. The minimum Gasteiger partial charge on any atom is -0.471 e. The number of alkyl halides is 2. The fourth-order valence-electron chi connectivity index (χ4n) is 0.843. The van der Waals surface area contributed by atoms with Crippen molar-refractivity contribution < 1.29 is 18.3 Å². The number of nitrogens with zero attached hydrogens (tertiary/aromatic N) is 2. The van der Waals surface area contributed by atoms with Crippen LogP contribution in [0.2, 0.25) is 5.15 Å². The van der Waals surface area contributed by atoms with Gasteiger partial charge in [-0.3, -0.25) is 0 Å². The zero-order valence-electron chi connectivity index (χ0n) is 7.99. The van der Waals surface area contributed by atoms with Crippen molar-refractivity contribution in [3.05, 3.63) is 17.8 Å². The van der Waals surface area contributed by atoms with Gasteiger partial charge >= 0.3 is 6.61 Å². The van der Waals surface area contributed by atoms with E-state index in [0.717, 1.165) is 0 Å². The minimum absolute atomic E-state index is 0.0480. The van der Waals surface area contributed by atoms with E-state index in [1.807, 2.05) is 0 Å². The minimum atomic E-state index is -3.06. The molecule has 88 valence electrons. The number of nitrogens with two attached hydrogens (primary N) is 1. The zero-order chi connectivity index (χ0) is 12.1. The Balaban J connectivity index is 3.04. The number of aromatic nitrogens is 2. The van der Waals surface area contributed by atoms with Gasteiger partial charge in [-0.25, -0.2) is 0 Å². The molecular weight excluding hydrogens is 244 g/mol. The maximum Gasteiger partial charge on any atom is 0.387 e. The summed E-state index contributed by atoms with van der Waals surface area (Å²) in [6.07, 6.45) is 1.40. The predicted octanol–water partition coefficient (Wildman–Crippen LogP) is 1.88. The van der Waals surface area contributed by atoms with Crippen molar-refractivity contribution in [2.24, 2.45) is 0 Å². The largest absolute Gasteiger partial charge is 0.471 e. The van der Waals surface area contributed by atoms with Crippen molar-refractivity contribution in [3.63, 3.8) is 0 Å². The molecule has 0 aliphatic carbocycles. The van der Waals surface area contributed by atoms with E-state index >= 15 is 0 Å². The fourth-order valence-corrected chi connectivity index (χ4v) is 1.06. The van der Waals surface area contributed by atoms with E-state index in [0.29, 0.717) is 0 Å². The Morgan fingerprint density at radius 3 is 2.75 bits per heavy atom.